The topological polar surface area (TPSA) is 3.88 Å². The van der Waals surface area contributed by atoms with Gasteiger partial charge in [0.25, 0.3) is 0 Å². The molecule has 3 heteroatoms. The Balaban J connectivity index is 0.00000133. The molecule has 3 aromatic rings. The number of aryl methyl sites for hydroxylation is 1. The molecule has 96 valence electrons. The molecule has 0 radical (unpaired) electrons. The largest absolute Gasteiger partial charge is 1.00 e. The number of pyridine rings is 1. The maximum absolute atomic E-state index is 13.5. The summed E-state index contributed by atoms with van der Waals surface area (Å²) in [6, 6.07) is 17.8. The number of hydrogen-bond acceptors (Lipinski definition) is 0. The van der Waals surface area contributed by atoms with Gasteiger partial charge in [-0.3, -0.25) is 0 Å². The molecule has 1 aromatic heterocycles. The van der Waals surface area contributed by atoms with E-state index >= 15 is 0 Å². The van der Waals surface area contributed by atoms with Gasteiger partial charge in [0.1, 0.15) is 7.05 Å². The summed E-state index contributed by atoms with van der Waals surface area (Å²) >= 11 is 0. The van der Waals surface area contributed by atoms with Crippen molar-refractivity contribution in [1.29, 1.82) is 0 Å². The fourth-order valence-corrected chi connectivity index (χ4v) is 2.09. The molecule has 0 aliphatic carbocycles. The molecule has 0 fully saturated rings. The molecule has 0 aliphatic rings. The zero-order chi connectivity index (χ0) is 12.5. The van der Waals surface area contributed by atoms with Crippen molar-refractivity contribution in [1.82, 2.24) is 0 Å². The minimum absolute atomic E-state index is 0. The molecule has 2 aromatic carbocycles. The monoisotopic (exact) mass is 365 g/mol. The summed E-state index contributed by atoms with van der Waals surface area (Å²) in [6.45, 7) is 0. The zero-order valence-electron chi connectivity index (χ0n) is 10.5. The Hall–Kier alpha value is -1.49. The maximum Gasteiger partial charge on any atom is 0.359 e. The average molecular weight is 365 g/mol. The summed E-state index contributed by atoms with van der Waals surface area (Å²) in [5.74, 6) is -0.236. The average Bonchev–Trinajstić information content (AvgIpc) is 2.41. The van der Waals surface area contributed by atoms with E-state index in [0.717, 1.165) is 11.1 Å². The Kier molecular flexibility index (Phi) is 4.14. The number of halogens is 2. The van der Waals surface area contributed by atoms with Gasteiger partial charge in [-0.25, -0.2) is 0 Å². The van der Waals surface area contributed by atoms with Crippen LogP contribution in [0.3, 0.4) is 0 Å². The van der Waals surface area contributed by atoms with Gasteiger partial charge < -0.3 is 24.0 Å². The second-order valence-electron chi connectivity index (χ2n) is 4.41. The van der Waals surface area contributed by atoms with Gasteiger partial charge in [0.15, 0.2) is 6.20 Å². The fourth-order valence-electron chi connectivity index (χ4n) is 2.09. The van der Waals surface area contributed by atoms with Crippen LogP contribution in [0.4, 0.5) is 4.39 Å². The fraction of sp³-hybridized carbons (Fsp3) is 0.0625. The lowest BCUT2D eigenvalue weighted by atomic mass is 10.0. The summed E-state index contributed by atoms with van der Waals surface area (Å²) in [4.78, 5) is 0. The first-order valence-corrected chi connectivity index (χ1v) is 5.88. The number of hydrogen-bond donors (Lipinski definition) is 0. The van der Waals surface area contributed by atoms with E-state index in [-0.39, 0.29) is 29.9 Å². The lowest BCUT2D eigenvalue weighted by molar-refractivity contribution is -0.700. The first-order chi connectivity index (χ1) is 8.74. The predicted octanol–water partition coefficient (Wildman–Crippen LogP) is 0.474. The van der Waals surface area contributed by atoms with Gasteiger partial charge in [0, 0.05) is 12.1 Å². The highest BCUT2D eigenvalue weighted by Gasteiger charge is 2.07. The van der Waals surface area contributed by atoms with Crippen LogP contribution in [0.2, 0.25) is 0 Å². The molecule has 0 bridgehead atoms. The molecule has 1 heterocycles. The van der Waals surface area contributed by atoms with Crippen molar-refractivity contribution in [3.8, 4) is 11.1 Å². The van der Waals surface area contributed by atoms with E-state index in [0.29, 0.717) is 0 Å². The minimum atomic E-state index is -0.236. The smallest absolute Gasteiger partial charge is 0.359 e. The van der Waals surface area contributed by atoms with Crippen molar-refractivity contribution in [3.05, 3.63) is 66.7 Å². The van der Waals surface area contributed by atoms with Crippen molar-refractivity contribution < 1.29 is 32.9 Å². The lowest BCUT2D eigenvalue weighted by Gasteiger charge is -2.03. The van der Waals surface area contributed by atoms with Crippen LogP contribution >= 0.6 is 0 Å². The van der Waals surface area contributed by atoms with Gasteiger partial charge in [-0.05, 0) is 28.0 Å². The van der Waals surface area contributed by atoms with Crippen LogP contribution in [0.15, 0.2) is 60.8 Å². The zero-order valence-corrected chi connectivity index (χ0v) is 12.6. The number of benzene rings is 2. The molecule has 0 unspecified atom stereocenters. The molecular formula is C16H13FIN. The van der Waals surface area contributed by atoms with Crippen molar-refractivity contribution in [2.45, 2.75) is 0 Å². The second kappa shape index (κ2) is 5.65. The molecule has 0 spiro atoms. The van der Waals surface area contributed by atoms with Gasteiger partial charge >= 0.3 is 5.95 Å². The molecule has 0 saturated carbocycles. The van der Waals surface area contributed by atoms with Crippen LogP contribution in [-0.2, 0) is 7.05 Å². The van der Waals surface area contributed by atoms with Crippen LogP contribution in [0.5, 0.6) is 0 Å². The van der Waals surface area contributed by atoms with E-state index < -0.39 is 0 Å². The highest BCUT2D eigenvalue weighted by molar-refractivity contribution is 5.87. The number of rotatable bonds is 1. The highest BCUT2D eigenvalue weighted by Crippen LogP contribution is 2.23. The van der Waals surface area contributed by atoms with Gasteiger partial charge in [-0.2, -0.15) is 4.57 Å². The van der Waals surface area contributed by atoms with E-state index in [1.165, 1.54) is 15.3 Å². The molecule has 0 saturated heterocycles. The van der Waals surface area contributed by atoms with E-state index in [1.807, 2.05) is 24.3 Å². The summed E-state index contributed by atoms with van der Waals surface area (Å²) in [7, 11) is 1.69. The van der Waals surface area contributed by atoms with Crippen molar-refractivity contribution in [2.24, 2.45) is 7.05 Å². The number of fused-ring (bicyclic) bond motifs is 1. The van der Waals surface area contributed by atoms with Crippen LogP contribution in [0.1, 0.15) is 0 Å². The third kappa shape index (κ3) is 2.76. The van der Waals surface area contributed by atoms with E-state index in [4.69, 9.17) is 0 Å². The van der Waals surface area contributed by atoms with Crippen molar-refractivity contribution in [3.63, 3.8) is 0 Å². The first kappa shape index (κ1) is 13.9. The van der Waals surface area contributed by atoms with Crippen LogP contribution in [0, 0.1) is 5.95 Å². The number of nitrogens with zero attached hydrogens (tertiary/aromatic N) is 1. The number of aromatic nitrogens is 1. The highest BCUT2D eigenvalue weighted by atomic mass is 127. The molecule has 0 amide bonds. The SMILES string of the molecule is C[n+]1ccc(-c2ccc3ccccc3c2)cc1F.[I-]. The quantitative estimate of drug-likeness (QED) is 0.336. The van der Waals surface area contributed by atoms with Crippen LogP contribution in [0.25, 0.3) is 21.9 Å². The normalized spacial score (nSPS) is 10.2. The summed E-state index contributed by atoms with van der Waals surface area (Å²) in [6.07, 6.45) is 1.74. The molecular weight excluding hydrogens is 352 g/mol. The van der Waals surface area contributed by atoms with Crippen molar-refractivity contribution >= 4 is 10.8 Å². The van der Waals surface area contributed by atoms with Crippen LogP contribution in [-0.4, -0.2) is 0 Å². The first-order valence-electron chi connectivity index (χ1n) is 5.88. The summed E-state index contributed by atoms with van der Waals surface area (Å²) < 4.78 is 15.0. The van der Waals surface area contributed by atoms with Gasteiger partial charge in [0.2, 0.25) is 0 Å². The Morgan fingerprint density at radius 1 is 0.842 bits per heavy atom. The molecule has 0 atom stereocenters. The van der Waals surface area contributed by atoms with Gasteiger partial charge in [-0.1, -0.05) is 36.4 Å². The minimum Gasteiger partial charge on any atom is -1.00 e. The molecule has 0 aliphatic heterocycles. The Bertz CT molecular complexity index is 725. The van der Waals surface area contributed by atoms with Crippen LogP contribution < -0.4 is 28.5 Å². The lowest BCUT2D eigenvalue weighted by Crippen LogP contribution is -3.00. The molecule has 0 N–H and O–H groups in total. The van der Waals surface area contributed by atoms with E-state index in [1.54, 1.807) is 19.3 Å². The third-order valence-electron chi connectivity index (χ3n) is 3.17. The van der Waals surface area contributed by atoms with Crippen molar-refractivity contribution in [2.75, 3.05) is 0 Å². The second-order valence-corrected chi connectivity index (χ2v) is 4.41. The Morgan fingerprint density at radius 3 is 2.26 bits per heavy atom. The Morgan fingerprint density at radius 2 is 1.53 bits per heavy atom. The van der Waals surface area contributed by atoms with E-state index in [9.17, 15) is 4.39 Å². The molecule has 1 nitrogen and oxygen atoms in total. The summed E-state index contributed by atoms with van der Waals surface area (Å²) in [5, 5.41) is 2.37. The summed E-state index contributed by atoms with van der Waals surface area (Å²) in [5.41, 5.74) is 1.93. The van der Waals surface area contributed by atoms with Gasteiger partial charge in [0.05, 0.1) is 0 Å². The Labute approximate surface area is 128 Å². The maximum atomic E-state index is 13.5. The van der Waals surface area contributed by atoms with Gasteiger partial charge in [-0.15, -0.1) is 4.39 Å². The molecule has 3 rings (SSSR count). The third-order valence-corrected chi connectivity index (χ3v) is 3.17. The standard InChI is InChI=1S/C16H13FN.HI/c1-18-9-8-15(11-16(18)17)14-7-6-12-4-2-3-5-13(12)10-14;/h2-11H,1H3;1H/q+1;/p-1. The van der Waals surface area contributed by atoms with E-state index in [2.05, 4.69) is 24.3 Å². The predicted molar refractivity (Wildman–Crippen MR) is 70.5 cm³/mol. The molecule has 19 heavy (non-hydrogen) atoms.